The van der Waals surface area contributed by atoms with Crippen molar-refractivity contribution >= 4 is 65.4 Å². The highest BCUT2D eigenvalue weighted by Crippen LogP contribution is 2.43. The van der Waals surface area contributed by atoms with E-state index in [2.05, 4.69) is 26.4 Å². The molecule has 1 N–H and O–H groups in total. The molecule has 0 bridgehead atoms. The van der Waals surface area contributed by atoms with Gasteiger partial charge in [0.05, 0.1) is 50.2 Å². The predicted molar refractivity (Wildman–Crippen MR) is 233 cm³/mol. The van der Waals surface area contributed by atoms with E-state index in [1.807, 2.05) is 53.5 Å². The zero-order chi connectivity index (χ0) is 40.4. The summed E-state index contributed by atoms with van der Waals surface area (Å²) in [6, 6.07) is 11.7. The second-order valence-electron chi connectivity index (χ2n) is 16.4. The lowest BCUT2D eigenvalue weighted by molar-refractivity contribution is 0.299. The van der Waals surface area contributed by atoms with Crippen molar-refractivity contribution in [2.24, 2.45) is 0 Å². The fourth-order valence-electron chi connectivity index (χ4n) is 10.5. The molecule has 2 fully saturated rings. The third-order valence-corrected chi connectivity index (χ3v) is 13.3. The molecule has 0 amide bonds. The Morgan fingerprint density at radius 3 is 1.63 bits per heavy atom. The quantitative estimate of drug-likeness (QED) is 0.125. The molecule has 2 atom stereocenters. The van der Waals surface area contributed by atoms with Crippen LogP contribution >= 0.6 is 0 Å². The maximum atomic E-state index is 15.0. The van der Waals surface area contributed by atoms with Crippen LogP contribution in [-0.4, -0.2) is 57.1 Å². The van der Waals surface area contributed by atoms with E-state index in [4.69, 9.17) is 28.9 Å². The summed E-state index contributed by atoms with van der Waals surface area (Å²) in [5.74, 6) is 2.19. The average Bonchev–Trinajstić information content (AvgIpc) is 3.83. The number of methoxy groups -OCH3 is 4. The van der Waals surface area contributed by atoms with Crippen molar-refractivity contribution in [3.8, 4) is 23.0 Å². The van der Waals surface area contributed by atoms with Gasteiger partial charge in [0.1, 0.15) is 11.3 Å². The van der Waals surface area contributed by atoms with Crippen LogP contribution in [0.2, 0.25) is 0 Å². The summed E-state index contributed by atoms with van der Waals surface area (Å²) in [7, 11) is 6.44. The van der Waals surface area contributed by atoms with Gasteiger partial charge in [0.15, 0.2) is 23.0 Å². The van der Waals surface area contributed by atoms with E-state index >= 15 is 4.79 Å². The molecule has 10 rings (SSSR count). The Morgan fingerprint density at radius 1 is 0.542 bits per heavy atom. The van der Waals surface area contributed by atoms with Crippen molar-refractivity contribution in [2.45, 2.75) is 95.2 Å². The van der Waals surface area contributed by atoms with E-state index in [0.29, 0.717) is 33.8 Å². The Balaban J connectivity index is 1.17. The second kappa shape index (κ2) is 15.0. The van der Waals surface area contributed by atoms with Crippen molar-refractivity contribution in [1.82, 2.24) is 28.7 Å². The smallest absolute Gasteiger partial charge is 0.259 e. The number of hydrogen-bond donors (Lipinski definition) is 1. The van der Waals surface area contributed by atoms with E-state index in [1.54, 1.807) is 28.4 Å². The molecule has 2 aliphatic carbocycles. The summed E-state index contributed by atoms with van der Waals surface area (Å²) < 4.78 is 29.3. The Labute approximate surface area is 340 Å². The molecular formula is C47H50N6O6. The number of benzene rings is 2. The van der Waals surface area contributed by atoms with Crippen LogP contribution in [0.3, 0.4) is 0 Å². The fourth-order valence-corrected chi connectivity index (χ4v) is 10.5. The number of H-pyrrole nitrogens is 1. The Morgan fingerprint density at radius 2 is 1.03 bits per heavy atom. The average molecular weight is 795 g/mol. The van der Waals surface area contributed by atoms with Gasteiger partial charge in [-0.05, 0) is 68.5 Å². The van der Waals surface area contributed by atoms with Crippen LogP contribution in [0.25, 0.3) is 65.4 Å². The van der Waals surface area contributed by atoms with Gasteiger partial charge < -0.3 is 37.6 Å². The molecule has 59 heavy (non-hydrogen) atoms. The van der Waals surface area contributed by atoms with Gasteiger partial charge in [0, 0.05) is 75.2 Å². The number of rotatable bonds is 7. The maximum absolute atomic E-state index is 15.0. The zero-order valence-corrected chi connectivity index (χ0v) is 34.2. The van der Waals surface area contributed by atoms with Crippen molar-refractivity contribution in [3.05, 3.63) is 81.9 Å². The molecule has 0 saturated heterocycles. The van der Waals surface area contributed by atoms with E-state index in [0.717, 1.165) is 119 Å². The molecule has 2 aliphatic rings. The third kappa shape index (κ3) is 5.92. The molecule has 2 unspecified atom stereocenters. The van der Waals surface area contributed by atoms with E-state index in [1.165, 1.54) is 12.8 Å². The number of aromatic nitrogens is 6. The Kier molecular flexibility index (Phi) is 9.45. The SMILES string of the molecule is COc1cc2c(=O)n(C3CCCCCC(n4ccc5c4ncc4c6cc(OC)c(OC)cc6c(=O)n(C6CCCCCC6)c45)C3)c3c4cc[nH]c4ncc3c2cc1OC. The lowest BCUT2D eigenvalue weighted by Gasteiger charge is -2.31. The first-order valence-corrected chi connectivity index (χ1v) is 21.1. The van der Waals surface area contributed by atoms with Crippen molar-refractivity contribution in [1.29, 1.82) is 0 Å². The Hall–Kier alpha value is -6.04. The molecule has 0 radical (unpaired) electrons. The van der Waals surface area contributed by atoms with Crippen LogP contribution in [0, 0.1) is 0 Å². The van der Waals surface area contributed by atoms with Crippen molar-refractivity contribution in [3.63, 3.8) is 0 Å². The number of fused-ring (bicyclic) bond motifs is 10. The van der Waals surface area contributed by atoms with Gasteiger partial charge in [0.25, 0.3) is 11.1 Å². The minimum Gasteiger partial charge on any atom is -0.493 e. The number of aromatic amines is 1. The summed E-state index contributed by atoms with van der Waals surface area (Å²) in [4.78, 5) is 43.1. The molecule has 12 heteroatoms. The minimum absolute atomic E-state index is 0.00556. The topological polar surface area (TPSA) is 127 Å². The lowest BCUT2D eigenvalue weighted by Crippen LogP contribution is -2.29. The largest absolute Gasteiger partial charge is 0.493 e. The van der Waals surface area contributed by atoms with Crippen molar-refractivity contribution < 1.29 is 18.9 Å². The minimum atomic E-state index is -0.109. The molecule has 304 valence electrons. The normalized spacial score (nSPS) is 18.4. The van der Waals surface area contributed by atoms with Gasteiger partial charge in [-0.25, -0.2) is 9.97 Å². The number of hydrogen-bond acceptors (Lipinski definition) is 8. The number of pyridine rings is 4. The molecule has 6 aromatic heterocycles. The summed E-state index contributed by atoms with van der Waals surface area (Å²) in [6.45, 7) is 0. The fraction of sp³-hybridized carbons (Fsp3) is 0.404. The van der Waals surface area contributed by atoms with Gasteiger partial charge in [-0.1, -0.05) is 44.9 Å². The second-order valence-corrected chi connectivity index (χ2v) is 16.4. The molecule has 6 heterocycles. The first-order chi connectivity index (χ1) is 28.9. The number of ether oxygens (including phenoxy) is 4. The summed E-state index contributed by atoms with van der Waals surface area (Å²) in [5, 5.41) is 6.47. The van der Waals surface area contributed by atoms with Gasteiger partial charge in [-0.15, -0.1) is 0 Å². The zero-order valence-electron chi connectivity index (χ0n) is 34.2. The summed E-state index contributed by atoms with van der Waals surface area (Å²) in [6.07, 6.45) is 20.0. The van der Waals surface area contributed by atoms with E-state index in [9.17, 15) is 4.79 Å². The van der Waals surface area contributed by atoms with Crippen LogP contribution in [0.1, 0.15) is 95.2 Å². The van der Waals surface area contributed by atoms with Gasteiger partial charge >= 0.3 is 0 Å². The molecule has 8 aromatic rings. The number of nitrogens with zero attached hydrogens (tertiary/aromatic N) is 5. The number of nitrogens with one attached hydrogen (secondary N) is 1. The van der Waals surface area contributed by atoms with Crippen LogP contribution in [-0.2, 0) is 0 Å². The Bertz CT molecular complexity index is 3040. The molecule has 0 spiro atoms. The first-order valence-electron chi connectivity index (χ1n) is 21.1. The molecule has 2 saturated carbocycles. The van der Waals surface area contributed by atoms with Gasteiger partial charge in [0.2, 0.25) is 0 Å². The third-order valence-electron chi connectivity index (χ3n) is 13.3. The first kappa shape index (κ1) is 37.2. The van der Waals surface area contributed by atoms with E-state index < -0.39 is 0 Å². The molecular weight excluding hydrogens is 745 g/mol. The van der Waals surface area contributed by atoms with Gasteiger partial charge in [-0.3, -0.25) is 9.59 Å². The highest BCUT2D eigenvalue weighted by atomic mass is 16.5. The van der Waals surface area contributed by atoms with Gasteiger partial charge in [-0.2, -0.15) is 0 Å². The maximum Gasteiger partial charge on any atom is 0.259 e. The van der Waals surface area contributed by atoms with Crippen LogP contribution in [0.5, 0.6) is 23.0 Å². The van der Waals surface area contributed by atoms with Crippen LogP contribution in [0.4, 0.5) is 0 Å². The summed E-state index contributed by atoms with van der Waals surface area (Å²) in [5.41, 5.74) is 3.33. The monoisotopic (exact) mass is 794 g/mol. The van der Waals surface area contributed by atoms with Crippen LogP contribution in [0.15, 0.2) is 70.8 Å². The standard InChI is InChI=1S/C47H50N6O6/c1-56-38-21-32-35(24-41(38)59-4)47(55)53(42-30-16-18-48-44(30)49-25-36(32)42)29-15-11-7-10-14-28(20-29)51-19-17-31-43-37(26-50-45(31)51)33-22-39(57-2)40(58-3)23-34(33)46(54)52(43)27-12-8-5-6-9-13-27/h16-19,21-29H,5-15,20H2,1-4H3,(H,48,49). The molecule has 0 aliphatic heterocycles. The summed E-state index contributed by atoms with van der Waals surface area (Å²) >= 11 is 0. The predicted octanol–water partition coefficient (Wildman–Crippen LogP) is 9.92. The van der Waals surface area contributed by atoms with Crippen LogP contribution < -0.4 is 30.1 Å². The lowest BCUT2D eigenvalue weighted by atomic mass is 9.91. The molecule has 12 nitrogen and oxygen atoms in total. The highest BCUT2D eigenvalue weighted by molar-refractivity contribution is 6.15. The molecule has 2 aromatic carbocycles. The van der Waals surface area contributed by atoms with E-state index in [-0.39, 0.29) is 29.2 Å². The highest BCUT2D eigenvalue weighted by Gasteiger charge is 2.29. The van der Waals surface area contributed by atoms with Crippen molar-refractivity contribution in [2.75, 3.05) is 28.4 Å².